The summed E-state index contributed by atoms with van der Waals surface area (Å²) in [6.07, 6.45) is 6.38. The van der Waals surface area contributed by atoms with Gasteiger partial charge < -0.3 is 15.5 Å². The summed E-state index contributed by atoms with van der Waals surface area (Å²) >= 11 is 0. The molecule has 1 aliphatic carbocycles. The Hall–Kier alpha value is -2.63. The number of rotatable bonds is 7. The Morgan fingerprint density at radius 2 is 1.93 bits per heavy atom. The molecular weight excluding hydrogens is 338 g/mol. The van der Waals surface area contributed by atoms with Gasteiger partial charge >= 0.3 is 0 Å². The Morgan fingerprint density at radius 3 is 2.59 bits per heavy atom. The van der Waals surface area contributed by atoms with Crippen molar-refractivity contribution in [1.29, 1.82) is 0 Å². The molecule has 1 amide bonds. The van der Waals surface area contributed by atoms with Crippen LogP contribution in [0.2, 0.25) is 0 Å². The van der Waals surface area contributed by atoms with E-state index in [-0.39, 0.29) is 5.91 Å². The zero-order valence-corrected chi connectivity index (χ0v) is 16.5. The number of hydrogen-bond acceptors (Lipinski definition) is 5. The first kappa shape index (κ1) is 19.1. The lowest BCUT2D eigenvalue weighted by Gasteiger charge is -2.22. The van der Waals surface area contributed by atoms with Gasteiger partial charge in [-0.05, 0) is 63.4 Å². The molecule has 0 unspecified atom stereocenters. The second-order valence-corrected chi connectivity index (χ2v) is 7.02. The maximum Gasteiger partial charge on any atom is 0.274 e. The van der Waals surface area contributed by atoms with Gasteiger partial charge in [0.2, 0.25) is 5.95 Å². The number of anilines is 3. The van der Waals surface area contributed by atoms with Gasteiger partial charge in [0.15, 0.2) is 0 Å². The maximum absolute atomic E-state index is 12.6. The molecule has 1 aromatic carbocycles. The molecule has 1 aliphatic rings. The Labute approximate surface area is 161 Å². The van der Waals surface area contributed by atoms with Gasteiger partial charge in [-0.1, -0.05) is 12.8 Å². The molecule has 0 radical (unpaired) electrons. The monoisotopic (exact) mass is 367 g/mol. The van der Waals surface area contributed by atoms with Crippen LogP contribution < -0.4 is 15.5 Å². The van der Waals surface area contributed by atoms with E-state index in [1.165, 1.54) is 18.5 Å². The van der Waals surface area contributed by atoms with Crippen molar-refractivity contribution in [2.24, 2.45) is 0 Å². The smallest absolute Gasteiger partial charge is 0.274 e. The van der Waals surface area contributed by atoms with Gasteiger partial charge in [0.05, 0.1) is 0 Å². The van der Waals surface area contributed by atoms with Gasteiger partial charge in [0.25, 0.3) is 5.91 Å². The zero-order valence-electron chi connectivity index (χ0n) is 16.5. The number of aromatic nitrogens is 2. The van der Waals surface area contributed by atoms with Crippen molar-refractivity contribution >= 4 is 23.2 Å². The van der Waals surface area contributed by atoms with E-state index >= 15 is 0 Å². The first-order valence-electron chi connectivity index (χ1n) is 9.87. The summed E-state index contributed by atoms with van der Waals surface area (Å²) in [7, 11) is 0. The van der Waals surface area contributed by atoms with Crippen molar-refractivity contribution < 1.29 is 4.79 Å². The highest BCUT2D eigenvalue weighted by Crippen LogP contribution is 2.23. The van der Waals surface area contributed by atoms with Crippen LogP contribution in [0.1, 0.15) is 55.6 Å². The summed E-state index contributed by atoms with van der Waals surface area (Å²) in [5.74, 6) is 0.314. The average Bonchev–Trinajstić information content (AvgIpc) is 3.18. The van der Waals surface area contributed by atoms with Crippen molar-refractivity contribution in [1.82, 2.24) is 9.97 Å². The van der Waals surface area contributed by atoms with Crippen LogP contribution in [0.15, 0.2) is 30.5 Å². The highest BCUT2D eigenvalue weighted by Gasteiger charge is 2.17. The van der Waals surface area contributed by atoms with E-state index < -0.39 is 0 Å². The van der Waals surface area contributed by atoms with E-state index in [0.29, 0.717) is 17.7 Å². The van der Waals surface area contributed by atoms with Gasteiger partial charge in [0, 0.05) is 36.7 Å². The molecule has 6 heteroatoms. The summed E-state index contributed by atoms with van der Waals surface area (Å²) in [5, 5.41) is 6.31. The van der Waals surface area contributed by atoms with Crippen LogP contribution in [0.5, 0.6) is 0 Å². The largest absolute Gasteiger partial charge is 0.372 e. The fourth-order valence-corrected chi connectivity index (χ4v) is 3.57. The quantitative estimate of drug-likeness (QED) is 0.766. The summed E-state index contributed by atoms with van der Waals surface area (Å²) in [6, 6.07) is 8.17. The highest BCUT2D eigenvalue weighted by atomic mass is 16.1. The normalized spacial score (nSPS) is 14.2. The van der Waals surface area contributed by atoms with E-state index in [2.05, 4.69) is 45.4 Å². The number of carbonyl (C=O) groups is 1. The van der Waals surface area contributed by atoms with Crippen molar-refractivity contribution in [3.8, 4) is 0 Å². The Bertz CT molecular complexity index is 782. The van der Waals surface area contributed by atoms with E-state index in [4.69, 9.17) is 0 Å². The molecule has 1 heterocycles. The van der Waals surface area contributed by atoms with E-state index in [1.807, 2.05) is 19.1 Å². The first-order chi connectivity index (χ1) is 13.1. The molecule has 1 fully saturated rings. The van der Waals surface area contributed by atoms with E-state index in [1.54, 1.807) is 12.3 Å². The molecule has 0 saturated heterocycles. The second kappa shape index (κ2) is 8.84. The predicted molar refractivity (Wildman–Crippen MR) is 111 cm³/mol. The Balaban J connectivity index is 1.69. The lowest BCUT2D eigenvalue weighted by molar-refractivity contribution is 0.102. The number of hydrogen-bond donors (Lipinski definition) is 2. The van der Waals surface area contributed by atoms with Gasteiger partial charge in [0.1, 0.15) is 5.69 Å². The topological polar surface area (TPSA) is 70.2 Å². The standard InChI is InChI=1S/C21H29N5O/c1-4-26(5-2)17-10-11-18(15(3)14-17)24-20(27)19-12-13-22-21(25-19)23-16-8-6-7-9-16/h10-14,16H,4-9H2,1-3H3,(H,24,27)(H,22,23,25). The van der Waals surface area contributed by atoms with Gasteiger partial charge in [-0.15, -0.1) is 0 Å². The highest BCUT2D eigenvalue weighted by molar-refractivity contribution is 6.03. The summed E-state index contributed by atoms with van der Waals surface area (Å²) in [6.45, 7) is 8.20. The van der Waals surface area contributed by atoms with Crippen molar-refractivity contribution in [3.63, 3.8) is 0 Å². The number of nitrogens with one attached hydrogen (secondary N) is 2. The minimum Gasteiger partial charge on any atom is -0.372 e. The number of benzene rings is 1. The Morgan fingerprint density at radius 1 is 1.19 bits per heavy atom. The molecule has 0 atom stereocenters. The molecule has 144 valence electrons. The minimum atomic E-state index is -0.217. The van der Waals surface area contributed by atoms with Gasteiger partial charge in [-0.3, -0.25) is 4.79 Å². The molecule has 0 bridgehead atoms. The minimum absolute atomic E-state index is 0.217. The lowest BCUT2D eigenvalue weighted by atomic mass is 10.1. The third-order valence-electron chi connectivity index (χ3n) is 5.16. The van der Waals surface area contributed by atoms with Gasteiger partial charge in [-0.25, -0.2) is 9.97 Å². The van der Waals surface area contributed by atoms with E-state index in [9.17, 15) is 4.79 Å². The third kappa shape index (κ3) is 4.76. The van der Waals surface area contributed by atoms with Crippen LogP contribution in [-0.2, 0) is 0 Å². The number of nitrogens with zero attached hydrogens (tertiary/aromatic N) is 3. The second-order valence-electron chi connectivity index (χ2n) is 7.02. The number of carbonyl (C=O) groups excluding carboxylic acids is 1. The SMILES string of the molecule is CCN(CC)c1ccc(NC(=O)c2ccnc(NC3CCCC3)n2)c(C)c1. The molecule has 6 nitrogen and oxygen atoms in total. The summed E-state index contributed by atoms with van der Waals surface area (Å²) in [4.78, 5) is 23.6. The molecule has 0 aliphatic heterocycles. The first-order valence-corrected chi connectivity index (χ1v) is 9.87. The van der Waals surface area contributed by atoms with E-state index in [0.717, 1.165) is 37.2 Å². The van der Waals surface area contributed by atoms with Crippen LogP contribution >= 0.6 is 0 Å². The van der Waals surface area contributed by atoms with Crippen LogP contribution in [0, 0.1) is 6.92 Å². The Kier molecular flexibility index (Phi) is 6.27. The molecule has 0 spiro atoms. The molecule has 27 heavy (non-hydrogen) atoms. The third-order valence-corrected chi connectivity index (χ3v) is 5.16. The summed E-state index contributed by atoms with van der Waals surface area (Å²) < 4.78 is 0. The van der Waals surface area contributed by atoms with Crippen LogP contribution in [0.25, 0.3) is 0 Å². The summed E-state index contributed by atoms with van der Waals surface area (Å²) in [5.41, 5.74) is 3.38. The van der Waals surface area contributed by atoms with Crippen LogP contribution in [0.3, 0.4) is 0 Å². The molecule has 3 rings (SSSR count). The number of amides is 1. The lowest BCUT2D eigenvalue weighted by Crippen LogP contribution is -2.22. The van der Waals surface area contributed by atoms with Crippen molar-refractivity contribution in [2.75, 3.05) is 28.6 Å². The predicted octanol–water partition coefficient (Wildman–Crippen LogP) is 4.24. The molecular formula is C21H29N5O. The molecule has 2 aromatic rings. The molecule has 2 N–H and O–H groups in total. The van der Waals surface area contributed by atoms with Crippen LogP contribution in [0.4, 0.5) is 17.3 Å². The van der Waals surface area contributed by atoms with Crippen LogP contribution in [-0.4, -0.2) is 35.0 Å². The van der Waals surface area contributed by atoms with Crippen molar-refractivity contribution in [3.05, 3.63) is 41.7 Å². The van der Waals surface area contributed by atoms with Gasteiger partial charge in [-0.2, -0.15) is 0 Å². The average molecular weight is 367 g/mol. The molecule has 1 saturated carbocycles. The zero-order chi connectivity index (χ0) is 19.2. The van der Waals surface area contributed by atoms with Crippen molar-refractivity contribution in [2.45, 2.75) is 52.5 Å². The maximum atomic E-state index is 12.6. The fourth-order valence-electron chi connectivity index (χ4n) is 3.57. The molecule has 1 aromatic heterocycles. The number of aryl methyl sites for hydroxylation is 1. The fraction of sp³-hybridized carbons (Fsp3) is 0.476.